The van der Waals surface area contributed by atoms with Crippen LogP contribution in [0.1, 0.15) is 12.5 Å². The lowest BCUT2D eigenvalue weighted by molar-refractivity contribution is -0.908. The van der Waals surface area contributed by atoms with Crippen LogP contribution in [-0.4, -0.2) is 44.3 Å². The fourth-order valence-corrected chi connectivity index (χ4v) is 2.35. The van der Waals surface area contributed by atoms with Gasteiger partial charge >= 0.3 is 0 Å². The van der Waals surface area contributed by atoms with E-state index in [2.05, 4.69) is 50.1 Å². The predicted octanol–water partition coefficient (Wildman–Crippen LogP) is 2.28. The molecule has 0 spiro atoms. The molecule has 0 amide bonds. The summed E-state index contributed by atoms with van der Waals surface area (Å²) in [5.74, 6) is 0. The zero-order valence-corrected chi connectivity index (χ0v) is 10.7. The van der Waals surface area contributed by atoms with Crippen LogP contribution in [-0.2, 0) is 0 Å². The fourth-order valence-electron chi connectivity index (χ4n) is 2.35. The minimum atomic E-state index is 1.19. The summed E-state index contributed by atoms with van der Waals surface area (Å²) in [7, 11) is 2.37. The van der Waals surface area contributed by atoms with Crippen LogP contribution in [0.4, 0.5) is 5.69 Å². The number of aryl methyl sites for hydroxylation is 1. The second kappa shape index (κ2) is 4.46. The molecule has 0 N–H and O–H groups in total. The fraction of sp³-hybridized carbons (Fsp3) is 0.571. The quantitative estimate of drug-likeness (QED) is 0.690. The number of hydrogen-bond donors (Lipinski definition) is 0. The first kappa shape index (κ1) is 11.5. The van der Waals surface area contributed by atoms with E-state index in [9.17, 15) is 0 Å². The van der Waals surface area contributed by atoms with Gasteiger partial charge in [0.15, 0.2) is 0 Å². The highest BCUT2D eigenvalue weighted by Gasteiger charge is 2.26. The van der Waals surface area contributed by atoms with Crippen molar-refractivity contribution >= 4 is 5.69 Å². The Bertz CT molecular complexity index is 352. The standard InChI is InChI=1S/C14H23N2/c1-4-16(3)10-8-15(9-11-16)14-7-5-6-13(2)12-14/h5-7,12H,4,8-11H2,1-3H3/q+1. The first-order valence-electron chi connectivity index (χ1n) is 6.28. The molecule has 1 fully saturated rings. The molecular formula is C14H23N2+. The molecule has 0 unspecified atom stereocenters. The number of hydrogen-bond acceptors (Lipinski definition) is 1. The van der Waals surface area contributed by atoms with Gasteiger partial charge in [0.1, 0.15) is 0 Å². The SMILES string of the molecule is CC[N+]1(C)CCN(c2cccc(C)c2)CC1. The van der Waals surface area contributed by atoms with Crippen LogP contribution in [0.25, 0.3) is 0 Å². The summed E-state index contributed by atoms with van der Waals surface area (Å²) < 4.78 is 1.22. The van der Waals surface area contributed by atoms with Gasteiger partial charge in [-0.1, -0.05) is 12.1 Å². The highest BCUT2D eigenvalue weighted by molar-refractivity contribution is 5.48. The van der Waals surface area contributed by atoms with Crippen LogP contribution in [0, 0.1) is 6.92 Å². The highest BCUT2D eigenvalue weighted by atomic mass is 15.4. The summed E-state index contributed by atoms with van der Waals surface area (Å²) in [6.07, 6.45) is 0. The van der Waals surface area contributed by atoms with Gasteiger partial charge in [-0.3, -0.25) is 0 Å². The van der Waals surface area contributed by atoms with Gasteiger partial charge in [-0.25, -0.2) is 0 Å². The van der Waals surface area contributed by atoms with Crippen LogP contribution in [0.2, 0.25) is 0 Å². The number of nitrogens with zero attached hydrogens (tertiary/aromatic N) is 2. The minimum Gasteiger partial charge on any atom is -0.360 e. The van der Waals surface area contributed by atoms with Gasteiger partial charge in [0, 0.05) is 5.69 Å². The number of likely N-dealkylation sites (N-methyl/N-ethyl adjacent to an activating group) is 1. The molecule has 0 radical (unpaired) electrons. The Morgan fingerprint density at radius 1 is 1.25 bits per heavy atom. The zero-order valence-electron chi connectivity index (χ0n) is 10.7. The van der Waals surface area contributed by atoms with E-state index in [0.717, 1.165) is 0 Å². The third kappa shape index (κ3) is 2.38. The van der Waals surface area contributed by atoms with Crippen LogP contribution < -0.4 is 4.90 Å². The molecular weight excluding hydrogens is 196 g/mol. The summed E-state index contributed by atoms with van der Waals surface area (Å²) in [6.45, 7) is 10.6. The van der Waals surface area contributed by atoms with Gasteiger partial charge in [0.2, 0.25) is 0 Å². The van der Waals surface area contributed by atoms with Gasteiger partial charge in [-0.05, 0) is 31.5 Å². The van der Waals surface area contributed by atoms with E-state index in [4.69, 9.17) is 0 Å². The molecule has 1 heterocycles. The molecule has 0 bridgehead atoms. The summed E-state index contributed by atoms with van der Waals surface area (Å²) >= 11 is 0. The minimum absolute atomic E-state index is 1.19. The van der Waals surface area contributed by atoms with E-state index in [1.165, 1.54) is 48.5 Å². The Kier molecular flexibility index (Phi) is 3.20. The Morgan fingerprint density at radius 2 is 1.94 bits per heavy atom. The zero-order chi connectivity index (χ0) is 11.6. The van der Waals surface area contributed by atoms with Crippen molar-refractivity contribution in [1.82, 2.24) is 0 Å². The van der Waals surface area contributed by atoms with Crippen molar-refractivity contribution in [3.63, 3.8) is 0 Å². The molecule has 1 aromatic rings. The van der Waals surface area contributed by atoms with Crippen LogP contribution in [0.5, 0.6) is 0 Å². The van der Waals surface area contributed by atoms with E-state index < -0.39 is 0 Å². The molecule has 88 valence electrons. The molecule has 16 heavy (non-hydrogen) atoms. The number of rotatable bonds is 2. The van der Waals surface area contributed by atoms with Crippen LogP contribution in [0.15, 0.2) is 24.3 Å². The Balaban J connectivity index is 2.04. The second-order valence-electron chi connectivity index (χ2n) is 5.21. The summed E-state index contributed by atoms with van der Waals surface area (Å²) in [5, 5.41) is 0. The van der Waals surface area contributed by atoms with Gasteiger partial charge in [-0.2, -0.15) is 0 Å². The molecule has 0 aliphatic carbocycles. The van der Waals surface area contributed by atoms with Crippen molar-refractivity contribution in [3.8, 4) is 0 Å². The Hall–Kier alpha value is -1.02. The molecule has 2 nitrogen and oxygen atoms in total. The molecule has 0 aromatic heterocycles. The first-order chi connectivity index (χ1) is 7.63. The van der Waals surface area contributed by atoms with Gasteiger partial charge in [-0.15, -0.1) is 0 Å². The smallest absolute Gasteiger partial charge is 0.0963 e. The highest BCUT2D eigenvalue weighted by Crippen LogP contribution is 2.19. The van der Waals surface area contributed by atoms with E-state index in [1.807, 2.05) is 0 Å². The average molecular weight is 219 g/mol. The molecule has 2 rings (SSSR count). The third-order valence-corrected chi connectivity index (χ3v) is 3.95. The number of benzene rings is 1. The summed E-state index contributed by atoms with van der Waals surface area (Å²) in [4.78, 5) is 2.52. The van der Waals surface area contributed by atoms with Crippen molar-refractivity contribution in [2.75, 3.05) is 44.7 Å². The lowest BCUT2D eigenvalue weighted by Gasteiger charge is -2.42. The molecule has 1 aliphatic heterocycles. The third-order valence-electron chi connectivity index (χ3n) is 3.95. The van der Waals surface area contributed by atoms with Gasteiger partial charge in [0.25, 0.3) is 0 Å². The summed E-state index contributed by atoms with van der Waals surface area (Å²) in [6, 6.07) is 8.85. The van der Waals surface area contributed by atoms with Crippen molar-refractivity contribution in [2.24, 2.45) is 0 Å². The van der Waals surface area contributed by atoms with Crippen LogP contribution in [0.3, 0.4) is 0 Å². The van der Waals surface area contributed by atoms with E-state index in [-0.39, 0.29) is 0 Å². The van der Waals surface area contributed by atoms with Crippen molar-refractivity contribution in [2.45, 2.75) is 13.8 Å². The lowest BCUT2D eigenvalue weighted by Crippen LogP contribution is -2.57. The van der Waals surface area contributed by atoms with Crippen molar-refractivity contribution < 1.29 is 4.48 Å². The predicted molar refractivity (Wildman–Crippen MR) is 69.9 cm³/mol. The number of quaternary nitrogens is 1. The average Bonchev–Trinajstić information content (AvgIpc) is 2.30. The van der Waals surface area contributed by atoms with Crippen LogP contribution >= 0.6 is 0 Å². The van der Waals surface area contributed by atoms with Crippen molar-refractivity contribution in [3.05, 3.63) is 29.8 Å². The molecule has 0 saturated carbocycles. The second-order valence-corrected chi connectivity index (χ2v) is 5.21. The van der Waals surface area contributed by atoms with Gasteiger partial charge in [0.05, 0.1) is 39.8 Å². The first-order valence-corrected chi connectivity index (χ1v) is 6.28. The number of piperazine rings is 1. The maximum absolute atomic E-state index is 2.52. The maximum Gasteiger partial charge on any atom is 0.0963 e. The Labute approximate surface area is 99.1 Å². The lowest BCUT2D eigenvalue weighted by atomic mass is 10.2. The monoisotopic (exact) mass is 219 g/mol. The Morgan fingerprint density at radius 3 is 2.50 bits per heavy atom. The van der Waals surface area contributed by atoms with Crippen molar-refractivity contribution in [1.29, 1.82) is 0 Å². The molecule has 1 saturated heterocycles. The molecule has 2 heteroatoms. The van der Waals surface area contributed by atoms with E-state index in [0.29, 0.717) is 0 Å². The molecule has 1 aromatic carbocycles. The normalized spacial score (nSPS) is 19.8. The maximum atomic E-state index is 2.52. The van der Waals surface area contributed by atoms with E-state index in [1.54, 1.807) is 0 Å². The van der Waals surface area contributed by atoms with E-state index >= 15 is 0 Å². The van der Waals surface area contributed by atoms with Gasteiger partial charge < -0.3 is 9.38 Å². The molecule has 1 aliphatic rings. The summed E-state index contributed by atoms with van der Waals surface area (Å²) in [5.41, 5.74) is 2.75. The molecule has 0 atom stereocenters. The number of anilines is 1. The topological polar surface area (TPSA) is 3.24 Å². The largest absolute Gasteiger partial charge is 0.360 e.